The van der Waals surface area contributed by atoms with Gasteiger partial charge in [0, 0.05) is 5.39 Å². The molecule has 0 saturated heterocycles. The molecule has 1 N–H and O–H groups in total. The van der Waals surface area contributed by atoms with Crippen LogP contribution < -0.4 is 0 Å². The lowest BCUT2D eigenvalue weighted by molar-refractivity contribution is 0.484. The standard InChI is InChI=1S/C14H16O3S/c1-3-10-8-9-11-6-5-7-13(18(15,16)17)14(11)12(10)4-2/h5-9H,3-4H2,1-2H3,(H,15,16,17). The van der Waals surface area contributed by atoms with Gasteiger partial charge in [0.1, 0.15) is 4.90 Å². The molecule has 0 amide bonds. The number of rotatable bonds is 3. The SMILES string of the molecule is CCc1ccc2cccc(S(=O)(=O)O)c2c1CC. The molecule has 0 heterocycles. The van der Waals surface area contributed by atoms with Gasteiger partial charge >= 0.3 is 0 Å². The van der Waals surface area contributed by atoms with Crippen LogP contribution in [0.3, 0.4) is 0 Å². The Bertz CT molecular complexity index is 687. The first-order valence-electron chi connectivity index (χ1n) is 6.00. The molecule has 0 spiro atoms. The highest BCUT2D eigenvalue weighted by molar-refractivity contribution is 7.86. The van der Waals surface area contributed by atoms with Crippen LogP contribution in [0.25, 0.3) is 10.8 Å². The van der Waals surface area contributed by atoms with Crippen LogP contribution in [-0.4, -0.2) is 13.0 Å². The number of fused-ring (bicyclic) bond motifs is 1. The lowest BCUT2D eigenvalue weighted by Gasteiger charge is -2.12. The normalized spacial score (nSPS) is 11.9. The van der Waals surface area contributed by atoms with Crippen molar-refractivity contribution in [1.29, 1.82) is 0 Å². The molecule has 96 valence electrons. The van der Waals surface area contributed by atoms with Gasteiger partial charge in [0.25, 0.3) is 10.1 Å². The zero-order chi connectivity index (χ0) is 13.3. The highest BCUT2D eigenvalue weighted by Crippen LogP contribution is 2.29. The van der Waals surface area contributed by atoms with Gasteiger partial charge in [0.05, 0.1) is 0 Å². The summed E-state index contributed by atoms with van der Waals surface area (Å²) < 4.78 is 32.3. The van der Waals surface area contributed by atoms with Gasteiger partial charge in [-0.25, -0.2) is 0 Å². The maximum absolute atomic E-state index is 11.5. The third kappa shape index (κ3) is 2.13. The molecule has 0 atom stereocenters. The lowest BCUT2D eigenvalue weighted by atomic mass is 9.96. The van der Waals surface area contributed by atoms with E-state index in [0.29, 0.717) is 5.39 Å². The summed E-state index contributed by atoms with van der Waals surface area (Å²) >= 11 is 0. The van der Waals surface area contributed by atoms with Gasteiger partial charge in [-0.05, 0) is 35.4 Å². The molecule has 0 aliphatic carbocycles. The van der Waals surface area contributed by atoms with E-state index in [0.717, 1.165) is 29.4 Å². The molecule has 0 radical (unpaired) electrons. The van der Waals surface area contributed by atoms with E-state index in [9.17, 15) is 13.0 Å². The Morgan fingerprint density at radius 3 is 2.33 bits per heavy atom. The number of hydrogen-bond donors (Lipinski definition) is 1. The van der Waals surface area contributed by atoms with Crippen LogP contribution in [0.4, 0.5) is 0 Å². The molecule has 0 saturated carbocycles. The molecule has 0 unspecified atom stereocenters. The van der Waals surface area contributed by atoms with Crippen molar-refractivity contribution >= 4 is 20.9 Å². The van der Waals surface area contributed by atoms with Crippen molar-refractivity contribution in [2.45, 2.75) is 31.6 Å². The molecule has 2 aromatic rings. The van der Waals surface area contributed by atoms with Gasteiger partial charge in [0.15, 0.2) is 0 Å². The van der Waals surface area contributed by atoms with Crippen LogP contribution in [0.2, 0.25) is 0 Å². The summed E-state index contributed by atoms with van der Waals surface area (Å²) in [4.78, 5) is 0.00662. The minimum absolute atomic E-state index is 0.00662. The molecule has 0 aromatic heterocycles. The molecule has 18 heavy (non-hydrogen) atoms. The largest absolute Gasteiger partial charge is 0.295 e. The van der Waals surface area contributed by atoms with Crippen molar-refractivity contribution < 1.29 is 13.0 Å². The first-order chi connectivity index (χ1) is 8.49. The van der Waals surface area contributed by atoms with E-state index in [-0.39, 0.29) is 4.90 Å². The van der Waals surface area contributed by atoms with E-state index < -0.39 is 10.1 Å². The molecule has 0 aliphatic rings. The summed E-state index contributed by atoms with van der Waals surface area (Å²) in [6, 6.07) is 8.90. The maximum atomic E-state index is 11.5. The monoisotopic (exact) mass is 264 g/mol. The number of aryl methyl sites for hydroxylation is 2. The number of hydrogen-bond acceptors (Lipinski definition) is 2. The minimum Gasteiger partial charge on any atom is -0.282 e. The molecule has 0 fully saturated rings. The van der Waals surface area contributed by atoms with Crippen molar-refractivity contribution in [1.82, 2.24) is 0 Å². The topological polar surface area (TPSA) is 54.4 Å². The number of benzene rings is 2. The van der Waals surface area contributed by atoms with Crippen LogP contribution in [-0.2, 0) is 23.0 Å². The van der Waals surface area contributed by atoms with E-state index >= 15 is 0 Å². The molecule has 3 nitrogen and oxygen atoms in total. The lowest BCUT2D eigenvalue weighted by Crippen LogP contribution is -2.02. The highest BCUT2D eigenvalue weighted by Gasteiger charge is 2.17. The predicted molar refractivity (Wildman–Crippen MR) is 72.5 cm³/mol. The van der Waals surface area contributed by atoms with Crippen LogP contribution in [0.1, 0.15) is 25.0 Å². The van der Waals surface area contributed by atoms with E-state index in [1.165, 1.54) is 6.07 Å². The van der Waals surface area contributed by atoms with Crippen molar-refractivity contribution in [3.63, 3.8) is 0 Å². The molecule has 0 aliphatic heterocycles. The summed E-state index contributed by atoms with van der Waals surface area (Å²) in [5.74, 6) is 0. The summed E-state index contributed by atoms with van der Waals surface area (Å²) in [5.41, 5.74) is 2.13. The van der Waals surface area contributed by atoms with Gasteiger partial charge in [0.2, 0.25) is 0 Å². The zero-order valence-electron chi connectivity index (χ0n) is 10.5. The van der Waals surface area contributed by atoms with E-state index in [2.05, 4.69) is 0 Å². The van der Waals surface area contributed by atoms with Crippen molar-refractivity contribution in [2.24, 2.45) is 0 Å². The van der Waals surface area contributed by atoms with Gasteiger partial charge in [-0.1, -0.05) is 38.1 Å². The Labute approximate surface area is 107 Å². The third-order valence-corrected chi connectivity index (χ3v) is 4.12. The van der Waals surface area contributed by atoms with E-state index in [1.807, 2.05) is 32.0 Å². The van der Waals surface area contributed by atoms with Gasteiger partial charge in [-0.2, -0.15) is 8.42 Å². The molecule has 4 heteroatoms. The molecule has 2 rings (SSSR count). The fraction of sp³-hybridized carbons (Fsp3) is 0.286. The fourth-order valence-corrected chi connectivity index (χ4v) is 3.16. The second-order valence-electron chi connectivity index (χ2n) is 4.24. The second-order valence-corrected chi connectivity index (χ2v) is 5.63. The average molecular weight is 264 g/mol. The van der Waals surface area contributed by atoms with Crippen molar-refractivity contribution in [3.8, 4) is 0 Å². The summed E-state index contributed by atoms with van der Waals surface area (Å²) in [7, 11) is -4.19. The molecular weight excluding hydrogens is 248 g/mol. The highest BCUT2D eigenvalue weighted by atomic mass is 32.2. The van der Waals surface area contributed by atoms with Crippen LogP contribution in [0, 0.1) is 0 Å². The quantitative estimate of drug-likeness (QED) is 0.866. The van der Waals surface area contributed by atoms with Gasteiger partial charge < -0.3 is 0 Å². The fourth-order valence-electron chi connectivity index (χ4n) is 2.41. The predicted octanol–water partition coefficient (Wildman–Crippen LogP) is 3.21. The van der Waals surface area contributed by atoms with Crippen LogP contribution >= 0.6 is 0 Å². The summed E-state index contributed by atoms with van der Waals surface area (Å²) in [5, 5.41) is 1.50. The zero-order valence-corrected chi connectivity index (χ0v) is 11.3. The van der Waals surface area contributed by atoms with E-state index in [4.69, 9.17) is 0 Å². The van der Waals surface area contributed by atoms with Crippen LogP contribution in [0.5, 0.6) is 0 Å². The van der Waals surface area contributed by atoms with Crippen molar-refractivity contribution in [2.75, 3.05) is 0 Å². The molecule has 2 aromatic carbocycles. The third-order valence-electron chi connectivity index (χ3n) is 3.22. The smallest absolute Gasteiger partial charge is 0.282 e. The summed E-state index contributed by atoms with van der Waals surface area (Å²) in [6.45, 7) is 4.03. The first kappa shape index (κ1) is 13.1. The maximum Gasteiger partial charge on any atom is 0.295 e. The minimum atomic E-state index is -4.19. The second kappa shape index (κ2) is 4.71. The average Bonchev–Trinajstić information content (AvgIpc) is 2.35. The Balaban J connectivity index is 2.97. The Kier molecular flexibility index (Phi) is 3.41. The summed E-state index contributed by atoms with van der Waals surface area (Å²) in [6.07, 6.45) is 1.59. The Morgan fingerprint density at radius 2 is 1.78 bits per heavy atom. The first-order valence-corrected chi connectivity index (χ1v) is 7.44. The molecular formula is C14H16O3S. The molecule has 0 bridgehead atoms. The Morgan fingerprint density at radius 1 is 1.06 bits per heavy atom. The van der Waals surface area contributed by atoms with Crippen molar-refractivity contribution in [3.05, 3.63) is 41.5 Å². The van der Waals surface area contributed by atoms with E-state index in [1.54, 1.807) is 6.07 Å². The van der Waals surface area contributed by atoms with Gasteiger partial charge in [-0.15, -0.1) is 0 Å². The van der Waals surface area contributed by atoms with Gasteiger partial charge in [-0.3, -0.25) is 4.55 Å². The Hall–Kier alpha value is -1.39. The van der Waals surface area contributed by atoms with Crippen LogP contribution in [0.15, 0.2) is 35.2 Å².